The van der Waals surface area contributed by atoms with Crippen molar-refractivity contribution in [1.29, 1.82) is 0 Å². The van der Waals surface area contributed by atoms with E-state index in [4.69, 9.17) is 0 Å². The number of anilines is 1. The molecule has 1 saturated carbocycles. The summed E-state index contributed by atoms with van der Waals surface area (Å²) >= 11 is 0. The van der Waals surface area contributed by atoms with Crippen molar-refractivity contribution in [3.8, 4) is 0 Å². The van der Waals surface area contributed by atoms with E-state index in [2.05, 4.69) is 35.6 Å². The Morgan fingerprint density at radius 1 is 1.47 bits per heavy atom. The summed E-state index contributed by atoms with van der Waals surface area (Å²) in [6.45, 7) is 7.82. The van der Waals surface area contributed by atoms with E-state index in [1.807, 2.05) is 12.4 Å². The lowest BCUT2D eigenvalue weighted by atomic mass is 9.98. The lowest BCUT2D eigenvalue weighted by Gasteiger charge is -2.20. The second-order valence-electron chi connectivity index (χ2n) is 4.70. The van der Waals surface area contributed by atoms with E-state index in [9.17, 15) is 0 Å². The number of nitrogens with zero attached hydrogens (tertiary/aromatic N) is 2. The molecule has 0 aromatic carbocycles. The van der Waals surface area contributed by atoms with Gasteiger partial charge in [-0.05, 0) is 31.6 Å². The minimum Gasteiger partial charge on any atom is -0.353 e. The largest absolute Gasteiger partial charge is 0.353 e. The average molecular weight is 207 g/mol. The maximum atomic E-state index is 4.36. The third-order valence-electron chi connectivity index (χ3n) is 3.84. The molecule has 3 atom stereocenters. The van der Waals surface area contributed by atoms with E-state index in [-0.39, 0.29) is 0 Å². The molecule has 0 bridgehead atoms. The maximum Gasteiger partial charge on any atom is 0.202 e. The molecule has 0 radical (unpaired) electrons. The first kappa shape index (κ1) is 10.5. The van der Waals surface area contributed by atoms with Gasteiger partial charge in [-0.3, -0.25) is 0 Å². The summed E-state index contributed by atoms with van der Waals surface area (Å²) in [4.78, 5) is 4.36. The van der Waals surface area contributed by atoms with Gasteiger partial charge < -0.3 is 9.88 Å². The van der Waals surface area contributed by atoms with Crippen LogP contribution < -0.4 is 5.32 Å². The van der Waals surface area contributed by atoms with Gasteiger partial charge in [0.2, 0.25) is 5.95 Å². The molecule has 1 N–H and O–H groups in total. The van der Waals surface area contributed by atoms with E-state index in [1.165, 1.54) is 12.8 Å². The molecule has 3 unspecified atom stereocenters. The summed E-state index contributed by atoms with van der Waals surface area (Å²) in [5, 5.41) is 3.57. The van der Waals surface area contributed by atoms with E-state index in [0.717, 1.165) is 24.3 Å². The highest BCUT2D eigenvalue weighted by Crippen LogP contribution is 2.32. The Labute approximate surface area is 91.9 Å². The zero-order chi connectivity index (χ0) is 10.8. The van der Waals surface area contributed by atoms with Gasteiger partial charge in [-0.1, -0.05) is 13.8 Å². The second kappa shape index (κ2) is 4.25. The summed E-state index contributed by atoms with van der Waals surface area (Å²) in [5.74, 6) is 2.63. The molecule has 0 saturated heterocycles. The third kappa shape index (κ3) is 2.01. The van der Waals surface area contributed by atoms with Crippen LogP contribution in [0.5, 0.6) is 0 Å². The minimum atomic E-state index is 0.604. The van der Waals surface area contributed by atoms with Gasteiger partial charge in [0, 0.05) is 25.0 Å². The first-order valence-corrected chi connectivity index (χ1v) is 6.00. The third-order valence-corrected chi connectivity index (χ3v) is 3.84. The van der Waals surface area contributed by atoms with Crippen LogP contribution in [0.4, 0.5) is 5.95 Å². The Hall–Kier alpha value is -0.990. The van der Waals surface area contributed by atoms with Crippen molar-refractivity contribution < 1.29 is 0 Å². The monoisotopic (exact) mass is 207 g/mol. The van der Waals surface area contributed by atoms with Gasteiger partial charge in [-0.2, -0.15) is 0 Å². The van der Waals surface area contributed by atoms with Gasteiger partial charge in [0.15, 0.2) is 0 Å². The predicted octanol–water partition coefficient (Wildman–Crippen LogP) is 2.75. The lowest BCUT2D eigenvalue weighted by Crippen LogP contribution is -2.25. The number of hydrogen-bond donors (Lipinski definition) is 1. The number of aryl methyl sites for hydroxylation is 1. The zero-order valence-electron chi connectivity index (χ0n) is 9.90. The molecule has 1 aliphatic carbocycles. The molecule has 2 rings (SSSR count). The molecule has 3 nitrogen and oxygen atoms in total. The Kier molecular flexibility index (Phi) is 2.98. The first-order valence-electron chi connectivity index (χ1n) is 6.00. The highest BCUT2D eigenvalue weighted by atomic mass is 15.2. The van der Waals surface area contributed by atoms with Crippen LogP contribution in [0.15, 0.2) is 12.4 Å². The van der Waals surface area contributed by atoms with Crippen molar-refractivity contribution in [2.24, 2.45) is 11.8 Å². The van der Waals surface area contributed by atoms with Crippen LogP contribution in [0, 0.1) is 11.8 Å². The van der Waals surface area contributed by atoms with E-state index < -0.39 is 0 Å². The molecule has 3 heteroatoms. The Morgan fingerprint density at radius 2 is 2.27 bits per heavy atom. The van der Waals surface area contributed by atoms with Gasteiger partial charge in [-0.25, -0.2) is 4.98 Å². The smallest absolute Gasteiger partial charge is 0.202 e. The Bertz CT molecular complexity index is 318. The summed E-state index contributed by atoms with van der Waals surface area (Å²) in [7, 11) is 0. The van der Waals surface area contributed by atoms with Crippen LogP contribution in [0.3, 0.4) is 0 Å². The van der Waals surface area contributed by atoms with Crippen molar-refractivity contribution in [2.75, 3.05) is 5.32 Å². The molecule has 1 aromatic rings. The van der Waals surface area contributed by atoms with Gasteiger partial charge in [-0.15, -0.1) is 0 Å². The molecular weight excluding hydrogens is 186 g/mol. The summed E-state index contributed by atoms with van der Waals surface area (Å²) in [6, 6.07) is 0.604. The summed E-state index contributed by atoms with van der Waals surface area (Å²) in [6.07, 6.45) is 6.52. The fraction of sp³-hybridized carbons (Fsp3) is 0.750. The lowest BCUT2D eigenvalue weighted by molar-refractivity contribution is 0.433. The average Bonchev–Trinajstić information content (AvgIpc) is 2.80. The normalized spacial score (nSPS) is 30.7. The van der Waals surface area contributed by atoms with Crippen molar-refractivity contribution >= 4 is 5.95 Å². The summed E-state index contributed by atoms with van der Waals surface area (Å²) in [5.41, 5.74) is 0. The molecule has 0 aliphatic heterocycles. The molecule has 1 aromatic heterocycles. The first-order chi connectivity index (χ1) is 7.22. The second-order valence-corrected chi connectivity index (χ2v) is 4.70. The molecule has 1 heterocycles. The standard InChI is InChI=1S/C12H21N3/c1-4-15-8-7-13-12(15)14-11-6-5-9(2)10(11)3/h7-11H,4-6H2,1-3H3,(H,13,14). The molecule has 0 amide bonds. The molecule has 84 valence electrons. The number of rotatable bonds is 3. The fourth-order valence-electron chi connectivity index (χ4n) is 2.44. The van der Waals surface area contributed by atoms with E-state index in [0.29, 0.717) is 6.04 Å². The van der Waals surface area contributed by atoms with Gasteiger partial charge >= 0.3 is 0 Å². The Balaban J connectivity index is 2.03. The SMILES string of the molecule is CCn1ccnc1NC1CCC(C)C1C. The zero-order valence-corrected chi connectivity index (χ0v) is 9.90. The van der Waals surface area contributed by atoms with Crippen LogP contribution in [-0.4, -0.2) is 15.6 Å². The fourth-order valence-corrected chi connectivity index (χ4v) is 2.44. The minimum absolute atomic E-state index is 0.604. The molecule has 0 spiro atoms. The molecule has 1 fully saturated rings. The van der Waals surface area contributed by atoms with Crippen LogP contribution in [0.1, 0.15) is 33.6 Å². The van der Waals surface area contributed by atoms with Crippen molar-refractivity contribution in [3.63, 3.8) is 0 Å². The van der Waals surface area contributed by atoms with Gasteiger partial charge in [0.25, 0.3) is 0 Å². The van der Waals surface area contributed by atoms with E-state index in [1.54, 1.807) is 0 Å². The highest BCUT2D eigenvalue weighted by Gasteiger charge is 2.30. The van der Waals surface area contributed by atoms with E-state index >= 15 is 0 Å². The van der Waals surface area contributed by atoms with Crippen LogP contribution in [-0.2, 0) is 6.54 Å². The van der Waals surface area contributed by atoms with Gasteiger partial charge in [0.1, 0.15) is 0 Å². The number of nitrogens with one attached hydrogen (secondary N) is 1. The highest BCUT2D eigenvalue weighted by molar-refractivity contribution is 5.28. The van der Waals surface area contributed by atoms with Crippen LogP contribution >= 0.6 is 0 Å². The molecule has 15 heavy (non-hydrogen) atoms. The number of aromatic nitrogens is 2. The molecule has 1 aliphatic rings. The maximum absolute atomic E-state index is 4.36. The van der Waals surface area contributed by atoms with Crippen LogP contribution in [0.25, 0.3) is 0 Å². The quantitative estimate of drug-likeness (QED) is 0.826. The van der Waals surface area contributed by atoms with Crippen molar-refractivity contribution in [2.45, 2.75) is 46.2 Å². The Morgan fingerprint density at radius 3 is 2.87 bits per heavy atom. The van der Waals surface area contributed by atoms with Crippen LogP contribution in [0.2, 0.25) is 0 Å². The number of hydrogen-bond acceptors (Lipinski definition) is 2. The topological polar surface area (TPSA) is 29.9 Å². The van der Waals surface area contributed by atoms with Gasteiger partial charge in [0.05, 0.1) is 0 Å². The van der Waals surface area contributed by atoms with Crippen molar-refractivity contribution in [1.82, 2.24) is 9.55 Å². The van der Waals surface area contributed by atoms with Crippen molar-refractivity contribution in [3.05, 3.63) is 12.4 Å². The summed E-state index contributed by atoms with van der Waals surface area (Å²) < 4.78 is 2.16. The molecular formula is C12H21N3. The number of imidazole rings is 1. The predicted molar refractivity (Wildman–Crippen MR) is 62.9 cm³/mol.